The van der Waals surface area contributed by atoms with Crippen molar-refractivity contribution >= 4 is 29.1 Å². The van der Waals surface area contributed by atoms with E-state index >= 15 is 0 Å². The Labute approximate surface area is 168 Å². The average molecular weight is 445 g/mol. The highest BCUT2D eigenvalue weighted by atomic mass is 35.5. The maximum absolute atomic E-state index is 13.2. The third-order valence-electron chi connectivity index (χ3n) is 4.82. The first kappa shape index (κ1) is 23.3. The third-order valence-corrected chi connectivity index (χ3v) is 5.15. The molecule has 29 heavy (non-hydrogen) atoms. The number of alkyl halides is 6. The van der Waals surface area contributed by atoms with Crippen LogP contribution in [0, 0.1) is 11.8 Å². The van der Waals surface area contributed by atoms with Crippen molar-refractivity contribution in [2.75, 3.05) is 18.9 Å². The highest BCUT2D eigenvalue weighted by Gasteiger charge is 2.48. The molecule has 4 nitrogen and oxygen atoms in total. The Morgan fingerprint density at radius 1 is 1.14 bits per heavy atom. The molecule has 2 rings (SSSR count). The fourth-order valence-corrected chi connectivity index (χ4v) is 3.64. The van der Waals surface area contributed by atoms with Crippen molar-refractivity contribution in [3.8, 4) is 0 Å². The van der Waals surface area contributed by atoms with Crippen LogP contribution in [-0.4, -0.2) is 36.5 Å². The molecule has 2 unspecified atom stereocenters. The number of carbonyl (C=O) groups is 2. The monoisotopic (exact) mass is 444 g/mol. The van der Waals surface area contributed by atoms with Crippen LogP contribution in [-0.2, 0) is 15.8 Å². The van der Waals surface area contributed by atoms with Gasteiger partial charge in [-0.3, -0.25) is 9.59 Å². The number of carbonyl (C=O) groups excluding carboxylic acids is 2. The molecule has 0 spiro atoms. The second kappa shape index (κ2) is 8.81. The zero-order valence-electron chi connectivity index (χ0n) is 15.3. The lowest BCUT2D eigenvalue weighted by Gasteiger charge is -2.34. The van der Waals surface area contributed by atoms with E-state index in [1.165, 1.54) is 7.05 Å². The predicted octanol–water partition coefficient (Wildman–Crippen LogP) is 5.12. The summed E-state index contributed by atoms with van der Waals surface area (Å²) in [6.45, 7) is -0.593. The molecule has 1 aliphatic rings. The minimum absolute atomic E-state index is 0.0705. The van der Waals surface area contributed by atoms with E-state index in [4.69, 9.17) is 11.6 Å². The summed E-state index contributed by atoms with van der Waals surface area (Å²) in [4.78, 5) is 25.4. The van der Waals surface area contributed by atoms with Crippen molar-refractivity contribution < 1.29 is 35.9 Å². The maximum Gasteiger partial charge on any atom is 0.417 e. The fraction of sp³-hybridized carbons (Fsp3) is 0.556. The standard InChI is InChI=1S/C18H19ClF6N2O2/c1-27(16(29)11-4-2-3-5-12(11)17(20,21)22)9-15(28)26-10-6-7-14(19)13(8-10)18(23,24)25/h6-8,11-12H,2-5,9H2,1H3,(H,26,28). The van der Waals surface area contributed by atoms with Gasteiger partial charge in [-0.2, -0.15) is 26.3 Å². The highest BCUT2D eigenvalue weighted by molar-refractivity contribution is 6.31. The quantitative estimate of drug-likeness (QED) is 0.655. The van der Waals surface area contributed by atoms with E-state index in [2.05, 4.69) is 5.32 Å². The van der Waals surface area contributed by atoms with E-state index in [1.54, 1.807) is 0 Å². The Morgan fingerprint density at radius 3 is 2.34 bits per heavy atom. The summed E-state index contributed by atoms with van der Waals surface area (Å²) in [5, 5.41) is 1.65. The number of nitrogens with one attached hydrogen (secondary N) is 1. The van der Waals surface area contributed by atoms with Crippen LogP contribution in [0.1, 0.15) is 31.2 Å². The first-order valence-corrected chi connectivity index (χ1v) is 9.16. The molecule has 1 saturated carbocycles. The number of amides is 2. The van der Waals surface area contributed by atoms with Crippen molar-refractivity contribution in [3.05, 3.63) is 28.8 Å². The summed E-state index contributed by atoms with van der Waals surface area (Å²) in [7, 11) is 1.19. The van der Waals surface area contributed by atoms with Gasteiger partial charge in [-0.1, -0.05) is 24.4 Å². The molecule has 1 aromatic carbocycles. The SMILES string of the molecule is CN(CC(=O)Nc1ccc(Cl)c(C(F)(F)F)c1)C(=O)C1CCCCC1C(F)(F)F. The van der Waals surface area contributed by atoms with Gasteiger partial charge >= 0.3 is 12.4 Å². The summed E-state index contributed by atoms with van der Waals surface area (Å²) in [5.41, 5.74) is -1.34. The van der Waals surface area contributed by atoms with Crippen LogP contribution in [0.3, 0.4) is 0 Å². The minimum atomic E-state index is -4.72. The minimum Gasteiger partial charge on any atom is -0.336 e. The summed E-state index contributed by atoms with van der Waals surface area (Å²) in [5.74, 6) is -4.68. The van der Waals surface area contributed by atoms with Crippen molar-refractivity contribution in [2.45, 2.75) is 38.0 Å². The van der Waals surface area contributed by atoms with Crippen LogP contribution in [0.4, 0.5) is 32.0 Å². The van der Waals surface area contributed by atoms with Crippen LogP contribution in [0.2, 0.25) is 5.02 Å². The number of rotatable bonds is 4. The van der Waals surface area contributed by atoms with Gasteiger partial charge < -0.3 is 10.2 Å². The topological polar surface area (TPSA) is 49.4 Å². The Kier molecular flexibility index (Phi) is 7.08. The molecule has 0 heterocycles. The lowest BCUT2D eigenvalue weighted by molar-refractivity contribution is -0.200. The van der Waals surface area contributed by atoms with Gasteiger partial charge in [0.05, 0.1) is 23.0 Å². The lowest BCUT2D eigenvalue weighted by atomic mass is 9.78. The van der Waals surface area contributed by atoms with Crippen LogP contribution < -0.4 is 5.32 Å². The second-order valence-corrected chi connectivity index (χ2v) is 7.38. The molecule has 11 heteroatoms. The average Bonchev–Trinajstić information content (AvgIpc) is 2.61. The van der Waals surface area contributed by atoms with Crippen LogP contribution >= 0.6 is 11.6 Å². The molecule has 2 atom stereocenters. The van der Waals surface area contributed by atoms with Crippen LogP contribution in [0.15, 0.2) is 18.2 Å². The van der Waals surface area contributed by atoms with Crippen LogP contribution in [0.25, 0.3) is 0 Å². The van der Waals surface area contributed by atoms with E-state index in [0.717, 1.165) is 17.0 Å². The number of halogens is 7. The van der Waals surface area contributed by atoms with Gasteiger partial charge in [0.25, 0.3) is 0 Å². The molecule has 1 fully saturated rings. The van der Waals surface area contributed by atoms with Gasteiger partial charge in [-0.05, 0) is 31.0 Å². The third kappa shape index (κ3) is 6.01. The molecular weight excluding hydrogens is 426 g/mol. The first-order valence-electron chi connectivity index (χ1n) is 8.79. The molecule has 0 aliphatic heterocycles. The van der Waals surface area contributed by atoms with Gasteiger partial charge in [0.15, 0.2) is 0 Å². The van der Waals surface area contributed by atoms with Gasteiger partial charge in [-0.15, -0.1) is 0 Å². The van der Waals surface area contributed by atoms with E-state index in [0.29, 0.717) is 18.9 Å². The second-order valence-electron chi connectivity index (χ2n) is 6.97. The number of anilines is 1. The van der Waals surface area contributed by atoms with Gasteiger partial charge in [-0.25, -0.2) is 0 Å². The zero-order valence-corrected chi connectivity index (χ0v) is 16.1. The molecule has 162 valence electrons. The van der Waals surface area contributed by atoms with Crippen molar-refractivity contribution in [1.29, 1.82) is 0 Å². The summed E-state index contributed by atoms with van der Waals surface area (Å²) >= 11 is 5.50. The van der Waals surface area contributed by atoms with Crippen molar-refractivity contribution in [2.24, 2.45) is 11.8 Å². The molecular formula is C18H19ClF6N2O2. The Bertz CT molecular complexity index is 766. The number of likely N-dealkylation sites (N-methyl/N-ethyl adjacent to an activating group) is 1. The number of hydrogen-bond donors (Lipinski definition) is 1. The lowest BCUT2D eigenvalue weighted by Crippen LogP contribution is -2.45. The molecule has 1 aliphatic carbocycles. The van der Waals surface area contributed by atoms with Gasteiger partial charge in [0.1, 0.15) is 0 Å². The number of hydrogen-bond acceptors (Lipinski definition) is 2. The van der Waals surface area contributed by atoms with E-state index in [-0.39, 0.29) is 18.5 Å². The molecule has 0 saturated heterocycles. The Hall–Kier alpha value is -1.97. The zero-order chi connectivity index (χ0) is 22.0. The highest BCUT2D eigenvalue weighted by Crippen LogP contribution is 2.42. The van der Waals surface area contributed by atoms with Crippen molar-refractivity contribution in [1.82, 2.24) is 4.90 Å². The van der Waals surface area contributed by atoms with E-state index < -0.39 is 53.1 Å². The van der Waals surface area contributed by atoms with Crippen LogP contribution in [0.5, 0.6) is 0 Å². The smallest absolute Gasteiger partial charge is 0.336 e. The van der Waals surface area contributed by atoms with E-state index in [1.807, 2.05) is 0 Å². The molecule has 1 aromatic rings. The number of nitrogens with zero attached hydrogens (tertiary/aromatic N) is 1. The molecule has 0 aromatic heterocycles. The van der Waals surface area contributed by atoms with E-state index in [9.17, 15) is 35.9 Å². The van der Waals surface area contributed by atoms with Crippen molar-refractivity contribution in [3.63, 3.8) is 0 Å². The molecule has 2 amide bonds. The first-order chi connectivity index (χ1) is 13.3. The number of benzene rings is 1. The Balaban J connectivity index is 2.04. The van der Waals surface area contributed by atoms with Gasteiger partial charge in [0, 0.05) is 18.7 Å². The molecule has 0 radical (unpaired) electrons. The largest absolute Gasteiger partial charge is 0.417 e. The molecule has 0 bridgehead atoms. The fourth-order valence-electron chi connectivity index (χ4n) is 3.42. The Morgan fingerprint density at radius 2 is 1.76 bits per heavy atom. The summed E-state index contributed by atoms with van der Waals surface area (Å²) < 4.78 is 78.2. The molecule has 1 N–H and O–H groups in total. The summed E-state index contributed by atoms with van der Waals surface area (Å²) in [6.07, 6.45) is -8.46. The van der Waals surface area contributed by atoms with Gasteiger partial charge in [0.2, 0.25) is 11.8 Å². The maximum atomic E-state index is 13.2. The predicted molar refractivity (Wildman–Crippen MR) is 94.2 cm³/mol. The normalized spacial score (nSPS) is 20.3. The summed E-state index contributed by atoms with van der Waals surface area (Å²) in [6, 6.07) is 2.76.